The molecule has 1 aromatic carbocycles. The van der Waals surface area contributed by atoms with Gasteiger partial charge in [-0.05, 0) is 26.6 Å². The number of likely N-dealkylation sites (N-methyl/N-ethyl adjacent to an activating group) is 1. The first-order valence-corrected chi connectivity index (χ1v) is 6.40. The molecule has 0 spiro atoms. The molecule has 0 saturated carbocycles. The van der Waals surface area contributed by atoms with Gasteiger partial charge in [0.2, 0.25) is 0 Å². The molecule has 1 atom stereocenters. The van der Waals surface area contributed by atoms with Gasteiger partial charge in [0.15, 0.2) is 5.96 Å². The molecule has 5 heteroatoms. The highest BCUT2D eigenvalue weighted by molar-refractivity contribution is 14.0. The number of rotatable bonds is 6. The number of hydrogen-bond donors (Lipinski definition) is 2. The van der Waals surface area contributed by atoms with Crippen LogP contribution in [0, 0.1) is 0 Å². The number of nitrogens with zero attached hydrogens (tertiary/aromatic N) is 2. The summed E-state index contributed by atoms with van der Waals surface area (Å²) >= 11 is 0. The molecule has 0 amide bonds. The van der Waals surface area contributed by atoms with Gasteiger partial charge in [-0.15, -0.1) is 24.0 Å². The van der Waals surface area contributed by atoms with Gasteiger partial charge < -0.3 is 16.0 Å². The highest BCUT2D eigenvalue weighted by atomic mass is 127. The number of hydrogen-bond acceptors (Lipinski definition) is 2. The van der Waals surface area contributed by atoms with Crippen LogP contribution in [0.25, 0.3) is 0 Å². The van der Waals surface area contributed by atoms with Crippen molar-refractivity contribution >= 4 is 29.9 Å². The van der Waals surface area contributed by atoms with Gasteiger partial charge in [0, 0.05) is 6.54 Å². The molecule has 0 fully saturated rings. The minimum atomic E-state index is 0. The second-order valence-electron chi connectivity index (χ2n) is 4.93. The summed E-state index contributed by atoms with van der Waals surface area (Å²) in [5, 5.41) is 3.04. The van der Waals surface area contributed by atoms with Crippen LogP contribution in [0.2, 0.25) is 0 Å². The molecule has 0 aliphatic rings. The summed E-state index contributed by atoms with van der Waals surface area (Å²) in [7, 11) is 4.09. The third kappa shape index (κ3) is 6.91. The molecule has 0 radical (unpaired) electrons. The predicted molar refractivity (Wildman–Crippen MR) is 97.6 cm³/mol. The molecule has 0 aliphatic heterocycles. The fraction of sp³-hybridized carbons (Fsp3) is 0.400. The highest BCUT2D eigenvalue weighted by Crippen LogP contribution is 2.17. The van der Waals surface area contributed by atoms with Crippen LogP contribution in [0.1, 0.15) is 18.5 Å². The van der Waals surface area contributed by atoms with E-state index in [1.54, 1.807) is 0 Å². The molecule has 0 aliphatic carbocycles. The maximum Gasteiger partial charge on any atom is 0.188 e. The Morgan fingerprint density at radius 1 is 1.35 bits per heavy atom. The minimum absolute atomic E-state index is 0. The molecular weight excluding hydrogens is 363 g/mol. The molecule has 1 rings (SSSR count). The van der Waals surface area contributed by atoms with Gasteiger partial charge in [-0.25, -0.2) is 0 Å². The Kier molecular flexibility index (Phi) is 9.24. The fourth-order valence-electron chi connectivity index (χ4n) is 1.72. The smallest absolute Gasteiger partial charge is 0.188 e. The zero-order chi connectivity index (χ0) is 14.3. The first-order chi connectivity index (χ1) is 9.00. The van der Waals surface area contributed by atoms with Crippen molar-refractivity contribution < 1.29 is 0 Å². The van der Waals surface area contributed by atoms with Crippen molar-refractivity contribution in [3.63, 3.8) is 0 Å². The van der Waals surface area contributed by atoms with Crippen LogP contribution >= 0.6 is 24.0 Å². The van der Waals surface area contributed by atoms with Crippen molar-refractivity contribution in [2.75, 3.05) is 27.2 Å². The summed E-state index contributed by atoms with van der Waals surface area (Å²) in [6, 6.07) is 10.5. The standard InChI is InChI=1S/C15H24N4.HI/c1-12(2)10-17-15(16)18-11-14(19(3)4)13-8-6-5-7-9-13;/h5-9,14H,1,10-11H2,2-4H3,(H3,16,17,18);1H. The van der Waals surface area contributed by atoms with Gasteiger partial charge in [-0.2, -0.15) is 0 Å². The summed E-state index contributed by atoms with van der Waals surface area (Å²) in [5.41, 5.74) is 8.10. The normalized spacial score (nSPS) is 12.7. The average Bonchev–Trinajstić information content (AvgIpc) is 2.37. The van der Waals surface area contributed by atoms with Crippen LogP contribution in [-0.4, -0.2) is 38.0 Å². The van der Waals surface area contributed by atoms with Gasteiger partial charge in [0.05, 0.1) is 12.6 Å². The zero-order valence-electron chi connectivity index (χ0n) is 12.5. The van der Waals surface area contributed by atoms with E-state index in [1.165, 1.54) is 5.56 Å². The van der Waals surface area contributed by atoms with Crippen molar-refractivity contribution in [2.45, 2.75) is 13.0 Å². The number of guanidine groups is 1. The largest absolute Gasteiger partial charge is 0.370 e. The third-order valence-electron chi connectivity index (χ3n) is 2.81. The first kappa shape index (κ1) is 18.9. The predicted octanol–water partition coefficient (Wildman–Crippen LogP) is 2.39. The quantitative estimate of drug-likeness (QED) is 0.341. The fourth-order valence-corrected chi connectivity index (χ4v) is 1.72. The molecule has 1 unspecified atom stereocenters. The van der Waals surface area contributed by atoms with E-state index in [-0.39, 0.29) is 30.0 Å². The number of aliphatic imine (C=N–C) groups is 1. The monoisotopic (exact) mass is 388 g/mol. The molecule has 0 bridgehead atoms. The summed E-state index contributed by atoms with van der Waals surface area (Å²) < 4.78 is 0. The van der Waals surface area contributed by atoms with Gasteiger partial charge >= 0.3 is 0 Å². The lowest BCUT2D eigenvalue weighted by Gasteiger charge is -2.23. The van der Waals surface area contributed by atoms with Crippen LogP contribution in [0.5, 0.6) is 0 Å². The number of nitrogens with two attached hydrogens (primary N) is 1. The summed E-state index contributed by atoms with van der Waals surface area (Å²) in [5.74, 6) is 0.464. The maximum atomic E-state index is 5.83. The minimum Gasteiger partial charge on any atom is -0.370 e. The Bertz CT molecular complexity index is 429. The van der Waals surface area contributed by atoms with Crippen molar-refractivity contribution in [1.82, 2.24) is 10.2 Å². The molecule has 4 nitrogen and oxygen atoms in total. The van der Waals surface area contributed by atoms with E-state index in [2.05, 4.69) is 33.9 Å². The summed E-state index contributed by atoms with van der Waals surface area (Å²) in [6.07, 6.45) is 0. The van der Waals surface area contributed by atoms with Crippen molar-refractivity contribution in [2.24, 2.45) is 10.7 Å². The Balaban J connectivity index is 0.00000361. The Labute approximate surface area is 139 Å². The molecular formula is C15H25IN4. The van der Waals surface area contributed by atoms with E-state index >= 15 is 0 Å². The summed E-state index contributed by atoms with van der Waals surface area (Å²) in [4.78, 5) is 6.54. The van der Waals surface area contributed by atoms with Crippen LogP contribution in [0.15, 0.2) is 47.5 Å². The molecule has 3 N–H and O–H groups in total. The van der Waals surface area contributed by atoms with E-state index in [9.17, 15) is 0 Å². The van der Waals surface area contributed by atoms with E-state index in [0.29, 0.717) is 19.0 Å². The van der Waals surface area contributed by atoms with E-state index < -0.39 is 0 Å². The Morgan fingerprint density at radius 2 is 1.95 bits per heavy atom. The number of halogens is 1. The average molecular weight is 388 g/mol. The molecule has 0 saturated heterocycles. The molecule has 0 aromatic heterocycles. The van der Waals surface area contributed by atoms with Crippen molar-refractivity contribution in [1.29, 1.82) is 0 Å². The molecule has 20 heavy (non-hydrogen) atoms. The topological polar surface area (TPSA) is 53.6 Å². The number of nitrogens with one attached hydrogen (secondary N) is 1. The first-order valence-electron chi connectivity index (χ1n) is 6.40. The van der Waals surface area contributed by atoms with E-state index in [4.69, 9.17) is 5.73 Å². The lowest BCUT2D eigenvalue weighted by atomic mass is 10.1. The van der Waals surface area contributed by atoms with Crippen LogP contribution in [-0.2, 0) is 0 Å². The molecule has 0 heterocycles. The number of benzene rings is 1. The van der Waals surface area contributed by atoms with Gasteiger partial charge in [-0.3, -0.25) is 4.99 Å². The maximum absolute atomic E-state index is 5.83. The van der Waals surface area contributed by atoms with Crippen molar-refractivity contribution in [3.8, 4) is 0 Å². The van der Waals surface area contributed by atoms with E-state index in [1.807, 2.05) is 39.2 Å². The summed E-state index contributed by atoms with van der Waals surface area (Å²) in [6.45, 7) is 7.06. The highest BCUT2D eigenvalue weighted by Gasteiger charge is 2.12. The van der Waals surface area contributed by atoms with Gasteiger partial charge in [0.25, 0.3) is 0 Å². The van der Waals surface area contributed by atoms with Crippen LogP contribution in [0.4, 0.5) is 0 Å². The third-order valence-corrected chi connectivity index (χ3v) is 2.81. The Hall–Kier alpha value is -1.08. The molecule has 1 aromatic rings. The van der Waals surface area contributed by atoms with Gasteiger partial charge in [-0.1, -0.05) is 42.5 Å². The Morgan fingerprint density at radius 3 is 2.45 bits per heavy atom. The lowest BCUT2D eigenvalue weighted by Crippen LogP contribution is -2.34. The zero-order valence-corrected chi connectivity index (χ0v) is 14.8. The lowest BCUT2D eigenvalue weighted by molar-refractivity contribution is 0.306. The molecule has 112 valence electrons. The second kappa shape index (κ2) is 9.77. The van der Waals surface area contributed by atoms with Crippen LogP contribution < -0.4 is 11.1 Å². The second-order valence-corrected chi connectivity index (χ2v) is 4.93. The van der Waals surface area contributed by atoms with E-state index in [0.717, 1.165) is 5.57 Å². The SMILES string of the molecule is C=C(C)CNC(N)=NCC(c1ccccc1)N(C)C.I. The van der Waals surface area contributed by atoms with Crippen molar-refractivity contribution in [3.05, 3.63) is 48.0 Å². The van der Waals surface area contributed by atoms with Gasteiger partial charge in [0.1, 0.15) is 0 Å². The van der Waals surface area contributed by atoms with Crippen LogP contribution in [0.3, 0.4) is 0 Å².